The van der Waals surface area contributed by atoms with E-state index in [2.05, 4.69) is 16.4 Å². The van der Waals surface area contributed by atoms with E-state index in [1.165, 1.54) is 5.56 Å². The molecule has 2 aromatic carbocycles. The number of imidazole rings is 1. The second-order valence-corrected chi connectivity index (χ2v) is 7.88. The molecule has 4 rings (SSSR count). The van der Waals surface area contributed by atoms with E-state index in [9.17, 15) is 4.79 Å². The Bertz CT molecular complexity index is 1150. The lowest BCUT2D eigenvalue weighted by molar-refractivity contribution is -0.120. The van der Waals surface area contributed by atoms with Gasteiger partial charge < -0.3 is 25.3 Å². The molecule has 2 heterocycles. The number of aromatic nitrogens is 2. The summed E-state index contributed by atoms with van der Waals surface area (Å²) in [5, 5.41) is 3.26. The first-order valence-corrected chi connectivity index (χ1v) is 10.8. The molecule has 1 amide bonds. The van der Waals surface area contributed by atoms with Gasteiger partial charge >= 0.3 is 0 Å². The fourth-order valence-corrected chi connectivity index (χ4v) is 4.09. The van der Waals surface area contributed by atoms with Crippen molar-refractivity contribution in [3.8, 4) is 11.4 Å². The molecule has 0 radical (unpaired) electrons. The van der Waals surface area contributed by atoms with Gasteiger partial charge in [0.25, 0.3) is 0 Å². The molecule has 0 spiro atoms. The van der Waals surface area contributed by atoms with Gasteiger partial charge in [0, 0.05) is 30.2 Å². The van der Waals surface area contributed by atoms with E-state index in [1.54, 1.807) is 19.6 Å². The molecule has 0 saturated carbocycles. The zero-order valence-electron chi connectivity index (χ0n) is 18.7. The summed E-state index contributed by atoms with van der Waals surface area (Å²) in [6.45, 7) is 4.56. The number of hydrogen-bond acceptors (Lipinski definition) is 5. The maximum atomic E-state index is 13.2. The first-order valence-electron chi connectivity index (χ1n) is 10.8. The molecular weight excluding hydrogens is 402 g/mol. The zero-order valence-corrected chi connectivity index (χ0v) is 18.7. The third-order valence-corrected chi connectivity index (χ3v) is 5.81. The predicted octanol–water partition coefficient (Wildman–Crippen LogP) is 3.40. The van der Waals surface area contributed by atoms with Gasteiger partial charge in [-0.25, -0.2) is 4.98 Å². The van der Waals surface area contributed by atoms with Crippen LogP contribution in [0.2, 0.25) is 0 Å². The molecule has 1 aromatic heterocycles. The maximum absolute atomic E-state index is 13.2. The van der Waals surface area contributed by atoms with E-state index < -0.39 is 0 Å². The van der Waals surface area contributed by atoms with E-state index >= 15 is 0 Å². The van der Waals surface area contributed by atoms with Gasteiger partial charge in [0.2, 0.25) is 5.91 Å². The van der Waals surface area contributed by atoms with Crippen LogP contribution < -0.4 is 20.7 Å². The van der Waals surface area contributed by atoms with Crippen LogP contribution in [0.25, 0.3) is 11.4 Å². The van der Waals surface area contributed by atoms with E-state index in [4.69, 9.17) is 10.5 Å². The second kappa shape index (κ2) is 9.18. The van der Waals surface area contributed by atoms with Crippen LogP contribution in [0.4, 0.5) is 5.69 Å². The van der Waals surface area contributed by atoms with Crippen molar-refractivity contribution in [1.29, 1.82) is 0 Å². The molecule has 0 fully saturated rings. The number of aryl methyl sites for hydroxylation is 2. The van der Waals surface area contributed by atoms with Gasteiger partial charge in [-0.05, 0) is 50.5 Å². The molecule has 7 heteroatoms. The number of carbonyl (C=O) groups excluding carboxylic acids is 1. The van der Waals surface area contributed by atoms with Crippen LogP contribution >= 0.6 is 0 Å². The molecule has 3 N–H and O–H groups in total. The molecule has 3 aromatic rings. The Morgan fingerprint density at radius 2 is 2.09 bits per heavy atom. The van der Waals surface area contributed by atoms with Crippen LogP contribution in [-0.4, -0.2) is 35.2 Å². The first kappa shape index (κ1) is 21.5. The molecular formula is C25H29N5O2. The van der Waals surface area contributed by atoms with Gasteiger partial charge in [0.15, 0.2) is 0 Å². The largest absolute Gasteiger partial charge is 0.495 e. The molecule has 1 aliphatic rings. The Hall–Kier alpha value is -3.74. The van der Waals surface area contributed by atoms with E-state index in [1.807, 2.05) is 65.9 Å². The van der Waals surface area contributed by atoms with Crippen molar-refractivity contribution < 1.29 is 9.53 Å². The number of benzene rings is 2. The Morgan fingerprint density at radius 3 is 2.81 bits per heavy atom. The number of nitrogens with two attached hydrogens (primary N) is 1. The lowest BCUT2D eigenvalue weighted by Crippen LogP contribution is -2.44. The summed E-state index contributed by atoms with van der Waals surface area (Å²) >= 11 is 0. The Balaban J connectivity index is 1.54. The van der Waals surface area contributed by atoms with Gasteiger partial charge in [-0.1, -0.05) is 24.3 Å². The summed E-state index contributed by atoms with van der Waals surface area (Å²) in [7, 11) is 1.63. The SMILES string of the molecule is CCN1C(=O)C(N/C=C(\N)c2ccc(-n3cnc(C)c3)c(OC)c2)CCc2ccccc21. The molecule has 0 saturated heterocycles. The normalized spacial score (nSPS) is 16.5. The van der Waals surface area contributed by atoms with E-state index in [0.29, 0.717) is 24.4 Å². The van der Waals surface area contributed by atoms with Crippen molar-refractivity contribution in [2.45, 2.75) is 32.7 Å². The average molecular weight is 432 g/mol. The summed E-state index contributed by atoms with van der Waals surface area (Å²) in [5.74, 6) is 0.749. The maximum Gasteiger partial charge on any atom is 0.249 e. The van der Waals surface area contributed by atoms with Crippen molar-refractivity contribution in [3.05, 3.63) is 78.0 Å². The number of ether oxygens (including phenoxy) is 1. The molecule has 0 bridgehead atoms. The van der Waals surface area contributed by atoms with E-state index in [-0.39, 0.29) is 11.9 Å². The summed E-state index contributed by atoms with van der Waals surface area (Å²) in [6.07, 6.45) is 6.95. The highest BCUT2D eigenvalue weighted by Gasteiger charge is 2.28. The molecule has 1 unspecified atom stereocenters. The van der Waals surface area contributed by atoms with E-state index in [0.717, 1.165) is 29.1 Å². The molecule has 1 atom stereocenters. The third-order valence-electron chi connectivity index (χ3n) is 5.81. The number of nitrogens with zero attached hydrogens (tertiary/aromatic N) is 3. The molecule has 7 nitrogen and oxygen atoms in total. The van der Waals surface area contributed by atoms with Gasteiger partial charge in [0.05, 0.1) is 30.5 Å². The predicted molar refractivity (Wildman–Crippen MR) is 127 cm³/mol. The van der Waals surface area contributed by atoms with Crippen LogP contribution in [0.1, 0.15) is 30.2 Å². The fourth-order valence-electron chi connectivity index (χ4n) is 4.09. The number of rotatable bonds is 6. The van der Waals surface area contributed by atoms with Gasteiger partial charge in [-0.15, -0.1) is 0 Å². The van der Waals surface area contributed by atoms with Crippen molar-refractivity contribution in [1.82, 2.24) is 14.9 Å². The topological polar surface area (TPSA) is 85.4 Å². The average Bonchev–Trinajstić information content (AvgIpc) is 3.19. The first-order chi connectivity index (χ1) is 15.5. The summed E-state index contributed by atoms with van der Waals surface area (Å²) < 4.78 is 7.49. The quantitative estimate of drug-likeness (QED) is 0.625. The Labute approximate surface area is 188 Å². The van der Waals surface area contributed by atoms with Gasteiger partial charge in [-0.2, -0.15) is 0 Å². The van der Waals surface area contributed by atoms with Crippen LogP contribution in [-0.2, 0) is 11.2 Å². The highest BCUT2D eigenvalue weighted by molar-refractivity contribution is 5.98. The summed E-state index contributed by atoms with van der Waals surface area (Å²) in [4.78, 5) is 19.3. The van der Waals surface area contributed by atoms with Crippen molar-refractivity contribution >= 4 is 17.3 Å². The van der Waals surface area contributed by atoms with Crippen LogP contribution in [0.15, 0.2) is 61.2 Å². The Kier molecular flexibility index (Phi) is 6.16. The minimum absolute atomic E-state index is 0.0601. The summed E-state index contributed by atoms with van der Waals surface area (Å²) in [6, 6.07) is 13.5. The number of likely N-dealkylation sites (N-methyl/N-ethyl adjacent to an activating group) is 1. The molecule has 32 heavy (non-hydrogen) atoms. The number of nitrogens with one attached hydrogen (secondary N) is 1. The number of anilines is 1. The zero-order chi connectivity index (χ0) is 22.7. The van der Waals surface area contributed by atoms with Crippen LogP contribution in [0, 0.1) is 6.92 Å². The monoisotopic (exact) mass is 431 g/mol. The highest BCUT2D eigenvalue weighted by atomic mass is 16.5. The molecule has 1 aliphatic heterocycles. The molecule has 166 valence electrons. The number of amides is 1. The number of carbonyl (C=O) groups is 1. The van der Waals surface area contributed by atoms with Gasteiger partial charge in [0.1, 0.15) is 11.8 Å². The number of fused-ring (bicyclic) bond motifs is 1. The number of hydrogen-bond donors (Lipinski definition) is 2. The smallest absolute Gasteiger partial charge is 0.249 e. The number of methoxy groups -OCH3 is 1. The van der Waals surface area contributed by atoms with Crippen molar-refractivity contribution in [2.75, 3.05) is 18.6 Å². The lowest BCUT2D eigenvalue weighted by Gasteiger charge is -2.24. The van der Waals surface area contributed by atoms with Gasteiger partial charge in [-0.3, -0.25) is 4.79 Å². The number of para-hydroxylation sites is 1. The highest BCUT2D eigenvalue weighted by Crippen LogP contribution is 2.28. The van der Waals surface area contributed by atoms with Crippen molar-refractivity contribution in [2.24, 2.45) is 5.73 Å². The lowest BCUT2D eigenvalue weighted by atomic mass is 10.1. The summed E-state index contributed by atoms with van der Waals surface area (Å²) in [5.41, 5.74) is 11.7. The minimum atomic E-state index is -0.337. The Morgan fingerprint density at radius 1 is 1.28 bits per heavy atom. The standard InChI is InChI=1S/C25H29N5O2/c1-4-30-22-8-6-5-7-18(22)9-11-21(25(30)31)27-14-20(26)19-10-12-23(24(13-19)32-3)29-15-17(2)28-16-29/h5-8,10,12-16,21,27H,4,9,11,26H2,1-3H3/b20-14-. The fraction of sp³-hybridized carbons (Fsp3) is 0.280. The second-order valence-electron chi connectivity index (χ2n) is 7.88. The van der Waals surface area contributed by atoms with Crippen LogP contribution in [0.3, 0.4) is 0 Å². The minimum Gasteiger partial charge on any atom is -0.495 e. The third kappa shape index (κ3) is 4.19. The van der Waals surface area contributed by atoms with Crippen molar-refractivity contribution in [3.63, 3.8) is 0 Å². The van der Waals surface area contributed by atoms with Crippen LogP contribution in [0.5, 0.6) is 5.75 Å². The molecule has 0 aliphatic carbocycles.